The number of hydrogen-bond donors (Lipinski definition) is 1. The number of halogens is 3. The third-order valence-electron chi connectivity index (χ3n) is 4.71. The minimum atomic E-state index is -2.76. The van der Waals surface area contributed by atoms with Crippen LogP contribution in [0.4, 0.5) is 8.78 Å². The van der Waals surface area contributed by atoms with Gasteiger partial charge in [-0.1, -0.05) is 11.6 Å². The average molecular weight is 386 g/mol. The fourth-order valence-electron chi connectivity index (χ4n) is 3.18. The number of aryl methyl sites for hydroxylation is 1. The molecular weight excluding hydrogens is 364 g/mol. The quantitative estimate of drug-likeness (QED) is 0.789. The summed E-state index contributed by atoms with van der Waals surface area (Å²) in [5.41, 5.74) is 2.00. The van der Waals surface area contributed by atoms with Crippen molar-refractivity contribution in [2.45, 2.75) is 65.1 Å². The van der Waals surface area contributed by atoms with Crippen molar-refractivity contribution in [1.29, 1.82) is 0 Å². The van der Waals surface area contributed by atoms with Crippen molar-refractivity contribution in [1.82, 2.24) is 24.9 Å². The number of carbonyl (C=O) groups excluding carboxylic acids is 1. The van der Waals surface area contributed by atoms with Gasteiger partial charge in [0.15, 0.2) is 0 Å². The molecule has 1 saturated carbocycles. The zero-order valence-corrected chi connectivity index (χ0v) is 15.7. The van der Waals surface area contributed by atoms with E-state index in [1.54, 1.807) is 6.20 Å². The van der Waals surface area contributed by atoms with E-state index < -0.39 is 12.1 Å². The lowest BCUT2D eigenvalue weighted by atomic mass is 10.1. The Hall–Kier alpha value is -1.96. The summed E-state index contributed by atoms with van der Waals surface area (Å²) in [6.07, 6.45) is 0.730. The molecule has 1 unspecified atom stereocenters. The van der Waals surface area contributed by atoms with E-state index >= 15 is 0 Å². The lowest BCUT2D eigenvalue weighted by Gasteiger charge is -2.15. The third-order valence-corrected chi connectivity index (χ3v) is 5.09. The fraction of sp³-hybridized carbons (Fsp3) is 0.588. The molecule has 1 aliphatic rings. The average Bonchev–Trinajstić information content (AvgIpc) is 3.25. The maximum atomic E-state index is 13.1. The van der Waals surface area contributed by atoms with Crippen molar-refractivity contribution in [2.75, 3.05) is 0 Å². The predicted molar refractivity (Wildman–Crippen MR) is 93.4 cm³/mol. The first kappa shape index (κ1) is 18.8. The highest BCUT2D eigenvalue weighted by Gasteiger charge is 2.34. The molecule has 0 bridgehead atoms. The third kappa shape index (κ3) is 3.60. The molecule has 6 nitrogen and oxygen atoms in total. The largest absolute Gasteiger partial charge is 0.348 e. The molecule has 3 rings (SSSR count). The number of aromatic nitrogens is 4. The van der Waals surface area contributed by atoms with E-state index in [9.17, 15) is 13.6 Å². The lowest BCUT2D eigenvalue weighted by Crippen LogP contribution is -2.31. The Balaban J connectivity index is 1.74. The summed E-state index contributed by atoms with van der Waals surface area (Å²) in [6, 6.07) is -0.243. The molecule has 1 atom stereocenters. The maximum Gasteiger partial charge on any atom is 0.283 e. The van der Waals surface area contributed by atoms with Gasteiger partial charge in [0.05, 0.1) is 23.0 Å². The monoisotopic (exact) mass is 385 g/mol. The Labute approximate surface area is 155 Å². The second-order valence-electron chi connectivity index (χ2n) is 6.61. The van der Waals surface area contributed by atoms with Crippen molar-refractivity contribution >= 4 is 17.5 Å². The normalized spacial score (nSPS) is 15.5. The topological polar surface area (TPSA) is 64.7 Å². The minimum absolute atomic E-state index is 0.0107. The van der Waals surface area contributed by atoms with E-state index in [0.29, 0.717) is 5.69 Å². The SMILES string of the molecule is CCn1ncc(C(C)NC(=O)Cn2nc(C(F)F)c(Cl)c2C2CC2)c1C. The molecule has 0 radical (unpaired) electrons. The zero-order chi connectivity index (χ0) is 19.0. The second-order valence-corrected chi connectivity index (χ2v) is 6.99. The van der Waals surface area contributed by atoms with Gasteiger partial charge in [0, 0.05) is 23.7 Å². The van der Waals surface area contributed by atoms with Crippen molar-refractivity contribution in [2.24, 2.45) is 0 Å². The fourth-order valence-corrected chi connectivity index (χ4v) is 3.56. The van der Waals surface area contributed by atoms with Crippen molar-refractivity contribution in [3.63, 3.8) is 0 Å². The summed E-state index contributed by atoms with van der Waals surface area (Å²) < 4.78 is 29.3. The Morgan fingerprint density at radius 2 is 2.12 bits per heavy atom. The molecule has 0 spiro atoms. The van der Waals surface area contributed by atoms with Gasteiger partial charge in [-0.3, -0.25) is 14.2 Å². The maximum absolute atomic E-state index is 13.1. The van der Waals surface area contributed by atoms with E-state index in [2.05, 4.69) is 15.5 Å². The van der Waals surface area contributed by atoms with Crippen molar-refractivity contribution in [3.05, 3.63) is 33.9 Å². The number of hydrogen-bond acceptors (Lipinski definition) is 3. The summed E-state index contributed by atoms with van der Waals surface area (Å²) in [5, 5.41) is 11.0. The zero-order valence-electron chi connectivity index (χ0n) is 15.0. The van der Waals surface area contributed by atoms with E-state index in [1.807, 2.05) is 25.5 Å². The van der Waals surface area contributed by atoms with Crippen LogP contribution in [0.2, 0.25) is 5.02 Å². The number of rotatable bonds is 7. The number of nitrogens with one attached hydrogen (secondary N) is 1. The van der Waals surface area contributed by atoms with Crippen LogP contribution in [0, 0.1) is 6.92 Å². The molecule has 1 fully saturated rings. The van der Waals surface area contributed by atoms with Crippen LogP contribution in [-0.4, -0.2) is 25.5 Å². The lowest BCUT2D eigenvalue weighted by molar-refractivity contribution is -0.122. The molecule has 1 aliphatic carbocycles. The number of alkyl halides is 2. The summed E-state index contributed by atoms with van der Waals surface area (Å²) in [6.45, 7) is 6.42. The molecule has 2 aromatic rings. The van der Waals surface area contributed by atoms with E-state index in [1.165, 1.54) is 4.68 Å². The molecule has 1 N–H and O–H groups in total. The standard InChI is InChI=1S/C17H22ClF2N5O/c1-4-24-10(3)12(7-21-24)9(2)22-13(26)8-25-16(11-5-6-11)14(18)15(23-25)17(19)20/h7,9,11,17H,4-6,8H2,1-3H3,(H,22,26). The Morgan fingerprint density at radius 3 is 2.65 bits per heavy atom. The summed E-state index contributed by atoms with van der Waals surface area (Å²) in [4.78, 5) is 12.4. The van der Waals surface area contributed by atoms with Crippen LogP contribution in [0.25, 0.3) is 0 Å². The molecule has 0 saturated heterocycles. The summed E-state index contributed by atoms with van der Waals surface area (Å²) in [5.74, 6) is -0.194. The molecule has 26 heavy (non-hydrogen) atoms. The molecule has 0 aliphatic heterocycles. The van der Waals surface area contributed by atoms with E-state index in [0.717, 1.165) is 30.6 Å². The van der Waals surface area contributed by atoms with Crippen LogP contribution in [0.3, 0.4) is 0 Å². The number of nitrogens with zero attached hydrogens (tertiary/aromatic N) is 4. The van der Waals surface area contributed by atoms with Crippen LogP contribution in [0.5, 0.6) is 0 Å². The highest BCUT2D eigenvalue weighted by atomic mass is 35.5. The first-order valence-electron chi connectivity index (χ1n) is 8.69. The second kappa shape index (κ2) is 7.34. The van der Waals surface area contributed by atoms with Crippen molar-refractivity contribution < 1.29 is 13.6 Å². The summed E-state index contributed by atoms with van der Waals surface area (Å²) in [7, 11) is 0. The number of carbonyl (C=O) groups is 1. The van der Waals surface area contributed by atoms with Crippen molar-refractivity contribution in [3.8, 4) is 0 Å². The molecule has 2 aromatic heterocycles. The van der Waals surface area contributed by atoms with Gasteiger partial charge < -0.3 is 5.32 Å². The van der Waals surface area contributed by atoms with Gasteiger partial charge in [-0.25, -0.2) is 8.78 Å². The van der Waals surface area contributed by atoms with Crippen LogP contribution in [-0.2, 0) is 17.9 Å². The van der Waals surface area contributed by atoms with Crippen LogP contribution < -0.4 is 5.32 Å². The molecule has 0 aromatic carbocycles. The molecule has 9 heteroatoms. The van der Waals surface area contributed by atoms with Crippen LogP contribution in [0.1, 0.15) is 67.7 Å². The van der Waals surface area contributed by atoms with Gasteiger partial charge in [0.1, 0.15) is 12.2 Å². The van der Waals surface area contributed by atoms with Gasteiger partial charge in [-0.15, -0.1) is 0 Å². The van der Waals surface area contributed by atoms with Gasteiger partial charge in [0.25, 0.3) is 6.43 Å². The highest BCUT2D eigenvalue weighted by molar-refractivity contribution is 6.32. The smallest absolute Gasteiger partial charge is 0.283 e. The van der Waals surface area contributed by atoms with Crippen LogP contribution >= 0.6 is 11.6 Å². The predicted octanol–water partition coefficient (Wildman–Crippen LogP) is 3.75. The van der Waals surface area contributed by atoms with E-state index in [-0.39, 0.29) is 29.4 Å². The highest BCUT2D eigenvalue weighted by Crippen LogP contribution is 2.45. The Bertz CT molecular complexity index is 812. The Kier molecular flexibility index (Phi) is 5.32. The van der Waals surface area contributed by atoms with E-state index in [4.69, 9.17) is 11.6 Å². The first-order chi connectivity index (χ1) is 12.3. The first-order valence-corrected chi connectivity index (χ1v) is 9.07. The molecule has 1 amide bonds. The van der Waals surface area contributed by atoms with Gasteiger partial charge in [-0.2, -0.15) is 10.2 Å². The minimum Gasteiger partial charge on any atom is -0.348 e. The number of amides is 1. The van der Waals surface area contributed by atoms with Crippen LogP contribution in [0.15, 0.2) is 6.20 Å². The van der Waals surface area contributed by atoms with Gasteiger partial charge >= 0.3 is 0 Å². The Morgan fingerprint density at radius 1 is 1.42 bits per heavy atom. The van der Waals surface area contributed by atoms with Gasteiger partial charge in [0.2, 0.25) is 5.91 Å². The summed E-state index contributed by atoms with van der Waals surface area (Å²) >= 11 is 6.08. The molecule has 2 heterocycles. The molecule has 142 valence electrons. The van der Waals surface area contributed by atoms with Gasteiger partial charge in [-0.05, 0) is 33.6 Å². The molecular formula is C17H22ClF2N5O.